The molecule has 15 heteroatoms. The first-order valence-electron chi connectivity index (χ1n) is 8.82. The molecule has 0 bridgehead atoms. The standard InChI is InChI=1S/C18H17F4N5O5S/c1-17(2,3)15(29)27(33(4,31)32)11-6-12(10(19)5-9(11)8-23)25-14(28)7-13(18(20,21)22)26(24)16(25)30/h5-7H,24H2,1-4H3. The minimum atomic E-state index is -5.19. The van der Waals surface area contributed by atoms with Crippen molar-refractivity contribution in [2.75, 3.05) is 16.4 Å². The normalized spacial score (nSPS) is 12.3. The van der Waals surface area contributed by atoms with E-state index < -0.39 is 71.9 Å². The van der Waals surface area contributed by atoms with Crippen molar-refractivity contribution in [2.45, 2.75) is 26.9 Å². The van der Waals surface area contributed by atoms with Gasteiger partial charge in [0.15, 0.2) is 5.69 Å². The third kappa shape index (κ3) is 4.75. The maximum Gasteiger partial charge on any atom is 0.433 e. The van der Waals surface area contributed by atoms with Gasteiger partial charge in [0.25, 0.3) is 5.56 Å². The van der Waals surface area contributed by atoms with E-state index in [1.54, 1.807) is 0 Å². The summed E-state index contributed by atoms with van der Waals surface area (Å²) >= 11 is 0. The minimum absolute atomic E-state index is 0.0621. The Kier molecular flexibility index (Phi) is 6.23. The van der Waals surface area contributed by atoms with Crippen LogP contribution in [0.5, 0.6) is 0 Å². The molecule has 0 spiro atoms. The lowest BCUT2D eigenvalue weighted by Gasteiger charge is -2.28. The summed E-state index contributed by atoms with van der Waals surface area (Å²) in [6.45, 7) is 4.08. The second-order valence-corrected chi connectivity index (χ2v) is 9.70. The minimum Gasteiger partial charge on any atom is -0.335 e. The van der Waals surface area contributed by atoms with Gasteiger partial charge < -0.3 is 5.84 Å². The number of nitrogen functional groups attached to an aromatic ring is 1. The van der Waals surface area contributed by atoms with Crippen LogP contribution in [0.1, 0.15) is 32.0 Å². The molecule has 0 aliphatic rings. The van der Waals surface area contributed by atoms with Crippen LogP contribution in [-0.2, 0) is 21.0 Å². The fraction of sp³-hybridized carbons (Fsp3) is 0.333. The molecular weight excluding hydrogens is 474 g/mol. The van der Waals surface area contributed by atoms with E-state index in [2.05, 4.69) is 0 Å². The first-order valence-corrected chi connectivity index (χ1v) is 10.7. The number of halogens is 4. The van der Waals surface area contributed by atoms with E-state index in [1.165, 1.54) is 26.8 Å². The lowest BCUT2D eigenvalue weighted by molar-refractivity contribution is -0.143. The lowest BCUT2D eigenvalue weighted by Crippen LogP contribution is -2.46. The molecular formula is C18H17F4N5O5S. The first kappa shape index (κ1) is 25.6. The van der Waals surface area contributed by atoms with Gasteiger partial charge in [-0.15, -0.1) is 0 Å². The molecule has 1 amide bonds. The van der Waals surface area contributed by atoms with Gasteiger partial charge >= 0.3 is 11.9 Å². The zero-order valence-corrected chi connectivity index (χ0v) is 18.4. The van der Waals surface area contributed by atoms with Crippen LogP contribution >= 0.6 is 0 Å². The Labute approximate surface area is 184 Å². The van der Waals surface area contributed by atoms with Crippen LogP contribution in [0, 0.1) is 22.6 Å². The van der Waals surface area contributed by atoms with E-state index >= 15 is 0 Å². The van der Waals surface area contributed by atoms with Gasteiger partial charge in [0.05, 0.1) is 23.2 Å². The number of carbonyl (C=O) groups excluding carboxylic acids is 1. The van der Waals surface area contributed by atoms with Gasteiger partial charge in [0.2, 0.25) is 15.9 Å². The number of hydrogen-bond donors (Lipinski definition) is 1. The summed E-state index contributed by atoms with van der Waals surface area (Å²) in [5, 5.41) is 9.35. The molecule has 2 N–H and O–H groups in total. The van der Waals surface area contributed by atoms with Crippen LogP contribution < -0.4 is 21.4 Å². The molecule has 0 fully saturated rings. The van der Waals surface area contributed by atoms with Crippen molar-refractivity contribution in [3.8, 4) is 11.8 Å². The van der Waals surface area contributed by atoms with Crippen molar-refractivity contribution in [3.63, 3.8) is 0 Å². The van der Waals surface area contributed by atoms with Crippen LogP contribution in [0.4, 0.5) is 23.2 Å². The fourth-order valence-electron chi connectivity index (χ4n) is 2.72. The number of rotatable bonds is 3. The molecule has 33 heavy (non-hydrogen) atoms. The highest BCUT2D eigenvalue weighted by Crippen LogP contribution is 2.32. The van der Waals surface area contributed by atoms with E-state index in [9.17, 15) is 45.6 Å². The van der Waals surface area contributed by atoms with E-state index in [1.807, 2.05) is 0 Å². The van der Waals surface area contributed by atoms with Crippen molar-refractivity contribution >= 4 is 21.6 Å². The summed E-state index contributed by atoms with van der Waals surface area (Å²) in [6.07, 6.45) is -4.56. The number of sulfonamides is 1. The topological polar surface area (TPSA) is 148 Å². The number of nitriles is 1. The number of alkyl halides is 3. The number of nitrogens with two attached hydrogens (primary N) is 1. The number of aromatic nitrogens is 2. The average Bonchev–Trinajstić information content (AvgIpc) is 2.63. The lowest BCUT2D eigenvalue weighted by atomic mass is 9.95. The molecule has 1 heterocycles. The van der Waals surface area contributed by atoms with Gasteiger partial charge in [-0.3, -0.25) is 9.59 Å². The first-order chi connectivity index (χ1) is 14.8. The molecule has 0 aliphatic carbocycles. The number of amides is 1. The van der Waals surface area contributed by atoms with Crippen molar-refractivity contribution in [3.05, 3.63) is 56.1 Å². The summed E-state index contributed by atoms with van der Waals surface area (Å²) in [5.74, 6) is 2.66. The Bertz CT molecular complexity index is 1410. The Morgan fingerprint density at radius 2 is 1.70 bits per heavy atom. The van der Waals surface area contributed by atoms with Gasteiger partial charge in [0, 0.05) is 11.5 Å². The summed E-state index contributed by atoms with van der Waals surface area (Å²) < 4.78 is 78.2. The monoisotopic (exact) mass is 491 g/mol. The number of benzene rings is 1. The molecule has 0 aliphatic heterocycles. The van der Waals surface area contributed by atoms with Gasteiger partial charge in [-0.2, -0.15) is 18.4 Å². The van der Waals surface area contributed by atoms with Crippen LogP contribution in [-0.4, -0.2) is 29.8 Å². The quantitative estimate of drug-likeness (QED) is 0.499. The van der Waals surface area contributed by atoms with Gasteiger partial charge in [-0.1, -0.05) is 20.8 Å². The zero-order valence-electron chi connectivity index (χ0n) is 17.6. The molecule has 0 unspecified atom stereocenters. The number of carbonyl (C=O) groups is 1. The third-order valence-corrected chi connectivity index (χ3v) is 5.26. The molecule has 0 radical (unpaired) electrons. The summed E-state index contributed by atoms with van der Waals surface area (Å²) in [7, 11) is -4.43. The van der Waals surface area contributed by atoms with Crippen LogP contribution in [0.2, 0.25) is 0 Å². The van der Waals surface area contributed by atoms with E-state index in [0.717, 1.165) is 0 Å². The van der Waals surface area contributed by atoms with Gasteiger partial charge in [0.1, 0.15) is 11.9 Å². The number of anilines is 1. The van der Waals surface area contributed by atoms with Gasteiger partial charge in [-0.25, -0.2) is 31.2 Å². The molecule has 178 valence electrons. The van der Waals surface area contributed by atoms with Gasteiger partial charge in [-0.05, 0) is 12.1 Å². The van der Waals surface area contributed by atoms with E-state index in [4.69, 9.17) is 5.84 Å². The zero-order chi connectivity index (χ0) is 25.7. The molecule has 0 saturated carbocycles. The summed E-state index contributed by atoms with van der Waals surface area (Å²) in [4.78, 5) is 37.5. The van der Waals surface area contributed by atoms with E-state index in [0.29, 0.717) is 18.4 Å². The van der Waals surface area contributed by atoms with Crippen molar-refractivity contribution in [1.29, 1.82) is 5.26 Å². The SMILES string of the molecule is CC(C)(C)C(=O)N(c1cc(-n2c(=O)cc(C(F)(F)F)n(N)c2=O)c(F)cc1C#N)S(C)(=O)=O. The summed E-state index contributed by atoms with van der Waals surface area (Å²) in [5.41, 5.74) is -8.99. The predicted molar refractivity (Wildman–Crippen MR) is 108 cm³/mol. The third-order valence-electron chi connectivity index (χ3n) is 4.23. The number of hydrogen-bond acceptors (Lipinski definition) is 7. The number of nitrogens with zero attached hydrogens (tertiary/aromatic N) is 4. The molecule has 2 rings (SSSR count). The molecule has 1 aromatic heterocycles. The Balaban J connectivity index is 3.00. The largest absolute Gasteiger partial charge is 0.433 e. The second-order valence-electron chi connectivity index (χ2n) is 7.87. The molecule has 1 aromatic carbocycles. The second kappa shape index (κ2) is 8.03. The molecule has 10 nitrogen and oxygen atoms in total. The van der Waals surface area contributed by atoms with Crippen LogP contribution in [0.25, 0.3) is 5.69 Å². The highest BCUT2D eigenvalue weighted by molar-refractivity contribution is 7.92. The van der Waals surface area contributed by atoms with Crippen molar-refractivity contribution in [1.82, 2.24) is 9.24 Å². The Morgan fingerprint density at radius 3 is 2.12 bits per heavy atom. The van der Waals surface area contributed by atoms with Crippen molar-refractivity contribution < 1.29 is 30.8 Å². The fourth-order valence-corrected chi connectivity index (χ4v) is 3.80. The smallest absolute Gasteiger partial charge is 0.335 e. The highest BCUT2D eigenvalue weighted by atomic mass is 32.2. The van der Waals surface area contributed by atoms with Crippen LogP contribution in [0.15, 0.2) is 27.8 Å². The van der Waals surface area contributed by atoms with Crippen LogP contribution in [0.3, 0.4) is 0 Å². The average molecular weight is 491 g/mol. The Morgan fingerprint density at radius 1 is 1.15 bits per heavy atom. The van der Waals surface area contributed by atoms with E-state index in [-0.39, 0.29) is 14.9 Å². The molecule has 0 atom stereocenters. The Hall–Kier alpha value is -3.67. The molecule has 2 aromatic rings. The highest BCUT2D eigenvalue weighted by Gasteiger charge is 2.38. The molecule has 0 saturated heterocycles. The predicted octanol–water partition coefficient (Wildman–Crippen LogP) is 1.08. The maximum absolute atomic E-state index is 14.7. The maximum atomic E-state index is 14.7. The summed E-state index contributed by atoms with van der Waals surface area (Å²) in [6, 6.07) is 2.40. The van der Waals surface area contributed by atoms with Crippen molar-refractivity contribution in [2.24, 2.45) is 5.41 Å².